The third-order valence-electron chi connectivity index (χ3n) is 3.46. The first-order valence-corrected chi connectivity index (χ1v) is 7.94. The van der Waals surface area contributed by atoms with Crippen LogP contribution in [0.1, 0.15) is 12.0 Å². The maximum absolute atomic E-state index is 5.31. The van der Waals surface area contributed by atoms with Gasteiger partial charge in [0.2, 0.25) is 0 Å². The summed E-state index contributed by atoms with van der Waals surface area (Å²) >= 11 is 5.31. The zero-order valence-corrected chi connectivity index (χ0v) is 14.0. The van der Waals surface area contributed by atoms with Gasteiger partial charge < -0.3 is 15.5 Å². The van der Waals surface area contributed by atoms with Crippen molar-refractivity contribution in [3.63, 3.8) is 0 Å². The van der Waals surface area contributed by atoms with Crippen LogP contribution in [-0.2, 0) is 0 Å². The Morgan fingerprint density at radius 2 is 1.73 bits per heavy atom. The van der Waals surface area contributed by atoms with Gasteiger partial charge in [0.25, 0.3) is 0 Å². The third kappa shape index (κ3) is 5.37. The Hall–Kier alpha value is -2.07. The molecule has 3 nitrogen and oxygen atoms in total. The van der Waals surface area contributed by atoms with Crippen molar-refractivity contribution in [3.05, 3.63) is 60.2 Å². The molecule has 22 heavy (non-hydrogen) atoms. The molecule has 0 unspecified atom stereocenters. The zero-order valence-electron chi connectivity index (χ0n) is 13.2. The van der Waals surface area contributed by atoms with Gasteiger partial charge in [0.1, 0.15) is 0 Å². The summed E-state index contributed by atoms with van der Waals surface area (Å²) in [5.41, 5.74) is 3.50. The highest BCUT2D eigenvalue weighted by atomic mass is 32.1. The van der Waals surface area contributed by atoms with Crippen LogP contribution in [0.4, 0.5) is 11.4 Å². The molecule has 0 fully saturated rings. The average Bonchev–Trinajstić information content (AvgIpc) is 2.54. The molecular formula is C18H23N3S. The average molecular weight is 313 g/mol. The molecule has 0 saturated carbocycles. The lowest BCUT2D eigenvalue weighted by Crippen LogP contribution is -2.31. The number of hydrogen-bond donors (Lipinski definition) is 2. The van der Waals surface area contributed by atoms with Gasteiger partial charge >= 0.3 is 0 Å². The normalized spacial score (nSPS) is 10.1. The van der Waals surface area contributed by atoms with Gasteiger partial charge in [0.05, 0.1) is 0 Å². The van der Waals surface area contributed by atoms with E-state index in [1.807, 2.05) is 18.2 Å². The second-order valence-electron chi connectivity index (χ2n) is 5.36. The van der Waals surface area contributed by atoms with E-state index >= 15 is 0 Å². The number of rotatable bonds is 6. The van der Waals surface area contributed by atoms with Crippen LogP contribution < -0.4 is 15.5 Å². The summed E-state index contributed by atoms with van der Waals surface area (Å²) < 4.78 is 0. The quantitative estimate of drug-likeness (QED) is 0.626. The first kappa shape index (κ1) is 16.3. The van der Waals surface area contributed by atoms with Crippen LogP contribution in [0, 0.1) is 6.92 Å². The minimum Gasteiger partial charge on any atom is -0.375 e. The van der Waals surface area contributed by atoms with Crippen LogP contribution in [-0.4, -0.2) is 25.2 Å². The van der Waals surface area contributed by atoms with Crippen LogP contribution in [0.2, 0.25) is 0 Å². The fourth-order valence-corrected chi connectivity index (χ4v) is 2.36. The topological polar surface area (TPSA) is 27.3 Å². The van der Waals surface area contributed by atoms with Crippen LogP contribution in [0.25, 0.3) is 0 Å². The van der Waals surface area contributed by atoms with Crippen molar-refractivity contribution in [2.24, 2.45) is 0 Å². The number of benzene rings is 2. The van der Waals surface area contributed by atoms with Crippen molar-refractivity contribution < 1.29 is 0 Å². The summed E-state index contributed by atoms with van der Waals surface area (Å²) in [6.07, 6.45) is 1.03. The number of nitrogens with zero attached hydrogens (tertiary/aromatic N) is 1. The summed E-state index contributed by atoms with van der Waals surface area (Å²) in [6, 6.07) is 18.6. The van der Waals surface area contributed by atoms with Gasteiger partial charge in [-0.15, -0.1) is 0 Å². The molecule has 0 aromatic heterocycles. The fraction of sp³-hybridized carbons (Fsp3) is 0.278. The van der Waals surface area contributed by atoms with Crippen molar-refractivity contribution >= 4 is 28.7 Å². The van der Waals surface area contributed by atoms with Crippen molar-refractivity contribution in [2.45, 2.75) is 13.3 Å². The smallest absolute Gasteiger partial charge is 0.170 e. The molecule has 0 saturated heterocycles. The maximum Gasteiger partial charge on any atom is 0.170 e. The van der Waals surface area contributed by atoms with Gasteiger partial charge in [-0.1, -0.05) is 35.9 Å². The Labute approximate surface area is 138 Å². The van der Waals surface area contributed by atoms with Gasteiger partial charge in [-0.3, -0.25) is 0 Å². The minimum atomic E-state index is 0.672. The number of hydrogen-bond acceptors (Lipinski definition) is 2. The first-order valence-electron chi connectivity index (χ1n) is 7.53. The van der Waals surface area contributed by atoms with E-state index in [9.17, 15) is 0 Å². The summed E-state index contributed by atoms with van der Waals surface area (Å²) in [7, 11) is 2.11. The van der Waals surface area contributed by atoms with Gasteiger partial charge in [-0.2, -0.15) is 0 Å². The molecule has 2 N–H and O–H groups in total. The summed E-state index contributed by atoms with van der Waals surface area (Å²) in [4.78, 5) is 2.25. The number of anilines is 2. The molecule has 2 aromatic rings. The van der Waals surface area contributed by atoms with Crippen LogP contribution in [0.15, 0.2) is 54.6 Å². The molecule has 4 heteroatoms. The van der Waals surface area contributed by atoms with Crippen LogP contribution in [0.3, 0.4) is 0 Å². The van der Waals surface area contributed by atoms with E-state index < -0.39 is 0 Å². The Kier molecular flexibility index (Phi) is 6.22. The fourth-order valence-electron chi connectivity index (χ4n) is 2.14. The largest absolute Gasteiger partial charge is 0.375 e. The van der Waals surface area contributed by atoms with Crippen molar-refractivity contribution in [3.8, 4) is 0 Å². The number of para-hydroxylation sites is 1. The standard InChI is InChI=1S/C18H23N3S/c1-15-9-11-16(12-10-15)20-18(22)19-13-6-14-21(2)17-7-4-3-5-8-17/h3-5,7-12H,6,13-14H2,1-2H3,(H2,19,20,22). The molecule has 2 rings (SSSR count). The summed E-state index contributed by atoms with van der Waals surface area (Å²) in [5.74, 6) is 0. The summed E-state index contributed by atoms with van der Waals surface area (Å²) in [6.45, 7) is 3.92. The molecule has 2 aromatic carbocycles. The number of aryl methyl sites for hydroxylation is 1. The molecule has 0 aliphatic carbocycles. The molecule has 0 heterocycles. The van der Waals surface area contributed by atoms with E-state index in [-0.39, 0.29) is 0 Å². The predicted octanol–water partition coefficient (Wildman–Crippen LogP) is 3.81. The molecule has 0 spiro atoms. The summed E-state index contributed by atoms with van der Waals surface area (Å²) in [5, 5.41) is 7.11. The molecule has 0 aliphatic heterocycles. The zero-order chi connectivity index (χ0) is 15.8. The molecule has 0 amide bonds. The molecule has 116 valence electrons. The highest BCUT2D eigenvalue weighted by Gasteiger charge is 2.00. The van der Waals surface area contributed by atoms with E-state index in [0.29, 0.717) is 5.11 Å². The molecule has 0 aliphatic rings. The first-order chi connectivity index (χ1) is 10.6. The minimum absolute atomic E-state index is 0.672. The van der Waals surface area contributed by atoms with E-state index in [0.717, 1.165) is 25.2 Å². The van der Waals surface area contributed by atoms with E-state index in [2.05, 4.69) is 65.9 Å². The van der Waals surface area contributed by atoms with Gasteiger partial charge in [-0.25, -0.2) is 0 Å². The Bertz CT molecular complexity index is 581. The molecule has 0 bridgehead atoms. The Morgan fingerprint density at radius 1 is 1.05 bits per heavy atom. The molecule has 0 atom stereocenters. The van der Waals surface area contributed by atoms with E-state index in [1.165, 1.54) is 11.3 Å². The highest BCUT2D eigenvalue weighted by molar-refractivity contribution is 7.80. The van der Waals surface area contributed by atoms with Crippen molar-refractivity contribution in [1.29, 1.82) is 0 Å². The van der Waals surface area contributed by atoms with Crippen LogP contribution in [0.5, 0.6) is 0 Å². The Morgan fingerprint density at radius 3 is 2.41 bits per heavy atom. The van der Waals surface area contributed by atoms with Crippen LogP contribution >= 0.6 is 12.2 Å². The van der Waals surface area contributed by atoms with E-state index in [1.54, 1.807) is 0 Å². The lowest BCUT2D eigenvalue weighted by Gasteiger charge is -2.19. The van der Waals surface area contributed by atoms with Gasteiger partial charge in [0, 0.05) is 31.5 Å². The van der Waals surface area contributed by atoms with Gasteiger partial charge in [-0.05, 0) is 49.8 Å². The monoisotopic (exact) mass is 313 g/mol. The van der Waals surface area contributed by atoms with Crippen molar-refractivity contribution in [2.75, 3.05) is 30.4 Å². The SMILES string of the molecule is Cc1ccc(NC(=S)NCCCN(C)c2ccccc2)cc1. The second kappa shape index (κ2) is 8.39. The highest BCUT2D eigenvalue weighted by Crippen LogP contribution is 2.11. The predicted molar refractivity (Wildman–Crippen MR) is 99.7 cm³/mol. The number of thiocarbonyl (C=S) groups is 1. The second-order valence-corrected chi connectivity index (χ2v) is 5.77. The molecular weight excluding hydrogens is 290 g/mol. The lowest BCUT2D eigenvalue weighted by atomic mass is 10.2. The van der Waals surface area contributed by atoms with Crippen molar-refractivity contribution in [1.82, 2.24) is 5.32 Å². The maximum atomic E-state index is 5.31. The lowest BCUT2D eigenvalue weighted by molar-refractivity contribution is 0.755. The number of nitrogens with one attached hydrogen (secondary N) is 2. The van der Waals surface area contributed by atoms with E-state index in [4.69, 9.17) is 12.2 Å². The molecule has 0 radical (unpaired) electrons. The Balaban J connectivity index is 1.66. The third-order valence-corrected chi connectivity index (χ3v) is 3.71. The van der Waals surface area contributed by atoms with Gasteiger partial charge in [0.15, 0.2) is 5.11 Å².